The fourth-order valence-corrected chi connectivity index (χ4v) is 6.33. The van der Waals surface area contributed by atoms with E-state index in [2.05, 4.69) is 116 Å². The maximum Gasteiger partial charge on any atom is 0.209 e. The van der Waals surface area contributed by atoms with Crippen molar-refractivity contribution in [3.63, 3.8) is 0 Å². The van der Waals surface area contributed by atoms with Crippen LogP contribution < -0.4 is 16.2 Å². The van der Waals surface area contributed by atoms with E-state index in [4.69, 9.17) is 5.73 Å². The van der Waals surface area contributed by atoms with Gasteiger partial charge in [-0.15, -0.1) is 0 Å². The molecule has 0 fully saturated rings. The van der Waals surface area contributed by atoms with Crippen molar-refractivity contribution in [3.8, 4) is 0 Å². The molecule has 0 saturated heterocycles. The van der Waals surface area contributed by atoms with Crippen LogP contribution in [-0.2, 0) is 10.8 Å². The molecule has 0 spiro atoms. The Morgan fingerprint density at radius 3 is 2.37 bits per heavy atom. The smallest absolute Gasteiger partial charge is 0.209 e. The molecule has 38 heavy (non-hydrogen) atoms. The summed E-state index contributed by atoms with van der Waals surface area (Å²) in [6, 6.07) is 17.8. The van der Waals surface area contributed by atoms with Gasteiger partial charge in [-0.3, -0.25) is 5.01 Å². The Hall–Kier alpha value is -2.69. The highest BCUT2D eigenvalue weighted by Gasteiger charge is 2.47. The Kier molecular flexibility index (Phi) is 9.27. The molecule has 0 aromatic heterocycles. The van der Waals surface area contributed by atoms with Crippen LogP contribution in [0.1, 0.15) is 90.7 Å². The van der Waals surface area contributed by atoms with Gasteiger partial charge in [0.05, 0.1) is 11.1 Å². The first-order chi connectivity index (χ1) is 18.4. The molecular weight excluding hydrogens is 464 g/mol. The molecule has 0 radical (unpaired) electrons. The number of allylic oxidation sites excluding steroid dienone is 4. The number of unbranched alkanes of at least 4 members (excludes halogenated alkanes) is 3. The van der Waals surface area contributed by atoms with Gasteiger partial charge >= 0.3 is 0 Å². The molecule has 2 aromatic carbocycles. The van der Waals surface area contributed by atoms with Crippen LogP contribution in [0.4, 0.5) is 11.4 Å². The van der Waals surface area contributed by atoms with Crippen LogP contribution in [0.25, 0.3) is 0 Å². The molecule has 0 bridgehead atoms. The highest BCUT2D eigenvalue weighted by molar-refractivity contribution is 6.03. The number of para-hydroxylation sites is 2. The summed E-state index contributed by atoms with van der Waals surface area (Å²) in [6.45, 7) is 14.2. The minimum atomic E-state index is -0.0757. The summed E-state index contributed by atoms with van der Waals surface area (Å²) < 4.78 is 2.54. The Balaban J connectivity index is 1.74. The first kappa shape index (κ1) is 28.3. The summed E-state index contributed by atoms with van der Waals surface area (Å²) in [4.78, 5) is 0. The lowest BCUT2D eigenvalue weighted by molar-refractivity contribution is -0.437. The first-order valence-corrected chi connectivity index (χ1v) is 14.9. The van der Waals surface area contributed by atoms with E-state index in [1.54, 1.807) is 0 Å². The summed E-state index contributed by atoms with van der Waals surface area (Å²) in [7, 11) is 0. The molecule has 0 saturated carbocycles. The highest BCUT2D eigenvalue weighted by atomic mass is 15.5. The molecule has 2 aliphatic rings. The van der Waals surface area contributed by atoms with Crippen LogP contribution in [0, 0.1) is 0 Å². The lowest BCUT2D eigenvalue weighted by Crippen LogP contribution is -2.38. The highest BCUT2D eigenvalue weighted by Crippen LogP contribution is 2.47. The van der Waals surface area contributed by atoms with Crippen LogP contribution in [-0.4, -0.2) is 29.9 Å². The number of rotatable bonds is 13. The summed E-state index contributed by atoms with van der Waals surface area (Å²) in [5, 5.41) is 2.31. The predicted molar refractivity (Wildman–Crippen MR) is 163 cm³/mol. The topological polar surface area (TPSA) is 44.3 Å². The second kappa shape index (κ2) is 12.4. The van der Waals surface area contributed by atoms with E-state index in [-0.39, 0.29) is 10.8 Å². The maximum atomic E-state index is 5.99. The molecular formula is C34H49N4+. The zero-order valence-electron chi connectivity index (χ0n) is 24.4. The van der Waals surface area contributed by atoms with Crippen molar-refractivity contribution >= 4 is 17.1 Å². The third-order valence-electron chi connectivity index (χ3n) is 8.49. The molecule has 0 aliphatic carbocycles. The van der Waals surface area contributed by atoms with Gasteiger partial charge in [0.1, 0.15) is 0 Å². The minimum absolute atomic E-state index is 0.00223. The van der Waals surface area contributed by atoms with Gasteiger partial charge in [0.2, 0.25) is 5.69 Å². The first-order valence-electron chi connectivity index (χ1n) is 14.9. The van der Waals surface area contributed by atoms with E-state index in [9.17, 15) is 0 Å². The van der Waals surface area contributed by atoms with Crippen molar-refractivity contribution in [1.82, 2.24) is 5.43 Å². The van der Waals surface area contributed by atoms with Gasteiger partial charge in [-0.1, -0.05) is 95.9 Å². The van der Waals surface area contributed by atoms with Gasteiger partial charge in [0, 0.05) is 41.8 Å². The molecule has 2 aromatic rings. The Morgan fingerprint density at radius 1 is 0.895 bits per heavy atom. The minimum Gasteiger partial charge on any atom is -0.330 e. The van der Waals surface area contributed by atoms with Crippen molar-refractivity contribution in [2.75, 3.05) is 24.6 Å². The van der Waals surface area contributed by atoms with Crippen LogP contribution >= 0.6 is 0 Å². The standard InChI is InChI=1S/C34H49N4/c1-6-8-9-14-23-34(5)28-18-11-12-19-29(28)37(26-16-24-35)32(34)22-15-21-31-33(3,4)27-17-10-13-20-30(27)38(31)36-25-7-2/h10-13,15,17-22,36H,6-9,14,16,23-26,35H2,1-5H3/q+1. The molecule has 0 amide bonds. The quantitative estimate of drug-likeness (QED) is 0.215. The van der Waals surface area contributed by atoms with Crippen molar-refractivity contribution in [2.45, 2.75) is 90.4 Å². The molecule has 204 valence electrons. The molecule has 2 heterocycles. The Morgan fingerprint density at radius 2 is 1.63 bits per heavy atom. The Bertz CT molecular complexity index is 1190. The lowest BCUT2D eigenvalue weighted by Gasteiger charge is -2.27. The van der Waals surface area contributed by atoms with E-state index < -0.39 is 0 Å². The van der Waals surface area contributed by atoms with Gasteiger partial charge in [-0.2, -0.15) is 4.58 Å². The number of nitrogens with one attached hydrogen (secondary N) is 1. The van der Waals surface area contributed by atoms with E-state index in [1.807, 2.05) is 0 Å². The molecule has 3 N–H and O–H groups in total. The fourth-order valence-electron chi connectivity index (χ4n) is 6.33. The van der Waals surface area contributed by atoms with Crippen LogP contribution in [0.3, 0.4) is 0 Å². The maximum absolute atomic E-state index is 5.99. The van der Waals surface area contributed by atoms with E-state index in [0.29, 0.717) is 6.54 Å². The Labute approximate surface area is 231 Å². The molecule has 4 rings (SSSR count). The molecule has 1 atom stereocenters. The third kappa shape index (κ3) is 5.39. The van der Waals surface area contributed by atoms with Gasteiger partial charge in [0.25, 0.3) is 0 Å². The van der Waals surface area contributed by atoms with Crippen LogP contribution in [0.15, 0.2) is 72.5 Å². The van der Waals surface area contributed by atoms with E-state index >= 15 is 0 Å². The average molecular weight is 514 g/mol. The summed E-state index contributed by atoms with van der Waals surface area (Å²) in [5.41, 5.74) is 17.7. The second-order valence-electron chi connectivity index (χ2n) is 11.6. The lowest BCUT2D eigenvalue weighted by atomic mass is 9.75. The largest absolute Gasteiger partial charge is 0.330 e. The zero-order valence-corrected chi connectivity index (χ0v) is 24.4. The van der Waals surface area contributed by atoms with Gasteiger partial charge in [-0.05, 0) is 44.0 Å². The fraction of sp³-hybridized carbons (Fsp3) is 0.500. The molecule has 1 unspecified atom stereocenters. The zero-order chi connectivity index (χ0) is 27.2. The number of hydrogen-bond acceptors (Lipinski definition) is 3. The molecule has 4 nitrogen and oxygen atoms in total. The average Bonchev–Trinajstić information content (AvgIpc) is 3.29. The number of hydrazine groups is 1. The number of nitrogens with two attached hydrogens (primary N) is 1. The summed E-state index contributed by atoms with van der Waals surface area (Å²) in [6.07, 6.45) is 15.4. The van der Waals surface area contributed by atoms with Crippen LogP contribution in [0.5, 0.6) is 0 Å². The van der Waals surface area contributed by atoms with Gasteiger partial charge < -0.3 is 5.73 Å². The summed E-state index contributed by atoms with van der Waals surface area (Å²) >= 11 is 0. The van der Waals surface area contributed by atoms with E-state index in [0.717, 1.165) is 25.9 Å². The molecule has 4 heteroatoms. The third-order valence-corrected chi connectivity index (χ3v) is 8.49. The van der Waals surface area contributed by atoms with E-state index in [1.165, 1.54) is 66.0 Å². The molecule has 2 aliphatic heterocycles. The normalized spacial score (nSPS) is 21.1. The number of nitrogens with zero attached hydrogens (tertiary/aromatic N) is 2. The monoisotopic (exact) mass is 513 g/mol. The summed E-state index contributed by atoms with van der Waals surface area (Å²) in [5.74, 6) is 0. The van der Waals surface area contributed by atoms with Crippen molar-refractivity contribution in [2.24, 2.45) is 5.73 Å². The second-order valence-corrected chi connectivity index (χ2v) is 11.6. The number of hydrogen-bond donors (Lipinski definition) is 2. The van der Waals surface area contributed by atoms with Crippen molar-refractivity contribution in [1.29, 1.82) is 0 Å². The predicted octanol–water partition coefficient (Wildman–Crippen LogP) is 7.51. The van der Waals surface area contributed by atoms with Crippen molar-refractivity contribution in [3.05, 3.63) is 83.6 Å². The number of benzene rings is 2. The van der Waals surface area contributed by atoms with Crippen molar-refractivity contribution < 1.29 is 4.58 Å². The van der Waals surface area contributed by atoms with Gasteiger partial charge in [0.15, 0.2) is 12.3 Å². The number of fused-ring (bicyclic) bond motifs is 2. The SMILES string of the molecule is CCCCCCC1(C)C(/C=C/C=C2\N(NCCC)c3ccccc3C2(C)C)=[N+](CCCN)c2ccccc21. The van der Waals surface area contributed by atoms with Crippen LogP contribution in [0.2, 0.25) is 0 Å². The van der Waals surface area contributed by atoms with Gasteiger partial charge in [-0.25, -0.2) is 5.43 Å². The number of anilines is 1.